The molecule has 2 amide bonds. The van der Waals surface area contributed by atoms with E-state index in [0.29, 0.717) is 17.2 Å². The predicted molar refractivity (Wildman–Crippen MR) is 108 cm³/mol. The summed E-state index contributed by atoms with van der Waals surface area (Å²) < 4.78 is 0. The number of aryl methyl sites for hydroxylation is 1. The molecule has 2 rings (SSSR count). The molecule has 2 aromatic carbocycles. The highest BCUT2D eigenvalue weighted by Crippen LogP contribution is 2.15. The van der Waals surface area contributed by atoms with Crippen molar-refractivity contribution in [2.75, 3.05) is 11.1 Å². The fraction of sp³-hybridized carbons (Fsp3) is 0.250. The number of carbonyl (C=O) groups excluding carboxylic acids is 2. The van der Waals surface area contributed by atoms with Crippen LogP contribution in [0.1, 0.15) is 30.5 Å². The zero-order chi connectivity index (χ0) is 18.9. The monoisotopic (exact) mass is 369 g/mol. The molecular formula is C20H23N3O2S. The van der Waals surface area contributed by atoms with Gasteiger partial charge in [-0.25, -0.2) is 5.43 Å². The lowest BCUT2D eigenvalue weighted by molar-refractivity contribution is -0.118. The Bertz CT molecular complexity index is 818. The van der Waals surface area contributed by atoms with E-state index in [1.807, 2.05) is 37.3 Å². The van der Waals surface area contributed by atoms with Crippen LogP contribution in [-0.2, 0) is 15.3 Å². The van der Waals surface area contributed by atoms with Gasteiger partial charge in [-0.1, -0.05) is 36.4 Å². The molecule has 0 saturated carbocycles. The Hall–Kier alpha value is -2.60. The highest BCUT2D eigenvalue weighted by Gasteiger charge is 2.04. The molecule has 0 atom stereocenters. The Kier molecular flexibility index (Phi) is 7.41. The lowest BCUT2D eigenvalue weighted by Gasteiger charge is -2.07. The van der Waals surface area contributed by atoms with Crippen LogP contribution in [0.15, 0.2) is 53.6 Å². The SMILES string of the molecule is CC(=O)Nc1cccc(/C(C)=N\NC(=O)CSCc2ccccc2C)c1. The second kappa shape index (κ2) is 9.77. The molecule has 0 aromatic heterocycles. The van der Waals surface area contributed by atoms with Gasteiger partial charge in [-0.2, -0.15) is 5.10 Å². The van der Waals surface area contributed by atoms with Gasteiger partial charge in [0.2, 0.25) is 11.8 Å². The van der Waals surface area contributed by atoms with Crippen LogP contribution >= 0.6 is 11.8 Å². The van der Waals surface area contributed by atoms with E-state index in [9.17, 15) is 9.59 Å². The largest absolute Gasteiger partial charge is 0.326 e. The fourth-order valence-electron chi connectivity index (χ4n) is 2.29. The molecule has 136 valence electrons. The summed E-state index contributed by atoms with van der Waals surface area (Å²) in [5.74, 6) is 0.871. The van der Waals surface area contributed by atoms with Crippen LogP contribution in [-0.4, -0.2) is 23.3 Å². The van der Waals surface area contributed by atoms with Crippen molar-refractivity contribution < 1.29 is 9.59 Å². The van der Waals surface area contributed by atoms with E-state index in [0.717, 1.165) is 11.3 Å². The van der Waals surface area contributed by atoms with E-state index in [-0.39, 0.29) is 11.8 Å². The van der Waals surface area contributed by atoms with Gasteiger partial charge in [0.15, 0.2) is 0 Å². The van der Waals surface area contributed by atoms with Gasteiger partial charge >= 0.3 is 0 Å². The van der Waals surface area contributed by atoms with Crippen LogP contribution in [0.2, 0.25) is 0 Å². The molecule has 0 saturated heterocycles. The van der Waals surface area contributed by atoms with E-state index in [1.54, 1.807) is 17.8 Å². The van der Waals surface area contributed by atoms with Gasteiger partial charge in [0.05, 0.1) is 11.5 Å². The highest BCUT2D eigenvalue weighted by atomic mass is 32.2. The van der Waals surface area contributed by atoms with Crippen molar-refractivity contribution in [2.24, 2.45) is 5.10 Å². The molecule has 0 aliphatic heterocycles. The Morgan fingerprint density at radius 1 is 1.08 bits per heavy atom. The summed E-state index contributed by atoms with van der Waals surface area (Å²) in [7, 11) is 0. The molecule has 2 N–H and O–H groups in total. The van der Waals surface area contributed by atoms with E-state index < -0.39 is 0 Å². The van der Waals surface area contributed by atoms with Crippen molar-refractivity contribution in [1.82, 2.24) is 5.43 Å². The van der Waals surface area contributed by atoms with E-state index >= 15 is 0 Å². The first-order chi connectivity index (χ1) is 12.5. The number of amides is 2. The first-order valence-corrected chi connectivity index (χ1v) is 9.44. The quantitative estimate of drug-likeness (QED) is 0.577. The predicted octanol–water partition coefficient (Wildman–Crippen LogP) is 3.73. The van der Waals surface area contributed by atoms with Gasteiger partial charge in [0.25, 0.3) is 0 Å². The number of anilines is 1. The highest BCUT2D eigenvalue weighted by molar-refractivity contribution is 7.99. The number of hydrogen-bond donors (Lipinski definition) is 2. The van der Waals surface area contributed by atoms with Crippen LogP contribution in [0.25, 0.3) is 0 Å². The second-order valence-electron chi connectivity index (χ2n) is 5.91. The topological polar surface area (TPSA) is 70.6 Å². The van der Waals surface area contributed by atoms with E-state index in [2.05, 4.69) is 34.9 Å². The number of hydrogen-bond acceptors (Lipinski definition) is 4. The number of rotatable bonds is 7. The summed E-state index contributed by atoms with van der Waals surface area (Å²) in [5.41, 5.74) is 7.26. The minimum atomic E-state index is -0.138. The van der Waals surface area contributed by atoms with E-state index in [1.165, 1.54) is 18.1 Å². The van der Waals surface area contributed by atoms with Gasteiger partial charge in [0.1, 0.15) is 0 Å². The third-order valence-corrected chi connectivity index (χ3v) is 4.68. The number of thioether (sulfide) groups is 1. The van der Waals surface area contributed by atoms with Crippen molar-refractivity contribution in [3.63, 3.8) is 0 Å². The molecule has 0 aliphatic carbocycles. The molecule has 26 heavy (non-hydrogen) atoms. The first-order valence-electron chi connectivity index (χ1n) is 8.29. The van der Waals surface area contributed by atoms with Crippen LogP contribution in [0.3, 0.4) is 0 Å². The van der Waals surface area contributed by atoms with Crippen molar-refractivity contribution in [3.8, 4) is 0 Å². The van der Waals surface area contributed by atoms with Gasteiger partial charge in [-0.15, -0.1) is 11.8 Å². The van der Waals surface area contributed by atoms with Crippen LogP contribution in [0.4, 0.5) is 5.69 Å². The number of benzene rings is 2. The van der Waals surface area contributed by atoms with Crippen LogP contribution < -0.4 is 10.7 Å². The maximum atomic E-state index is 12.0. The molecule has 0 unspecified atom stereocenters. The zero-order valence-corrected chi connectivity index (χ0v) is 16.0. The Morgan fingerprint density at radius 2 is 1.85 bits per heavy atom. The lowest BCUT2D eigenvalue weighted by Crippen LogP contribution is -2.21. The molecular weight excluding hydrogens is 346 g/mol. The first kappa shape index (κ1) is 19.7. The average molecular weight is 369 g/mol. The zero-order valence-electron chi connectivity index (χ0n) is 15.2. The van der Waals surface area contributed by atoms with Crippen molar-refractivity contribution in [1.29, 1.82) is 0 Å². The molecule has 0 fully saturated rings. The third kappa shape index (κ3) is 6.37. The summed E-state index contributed by atoms with van der Waals surface area (Å²) in [6, 6.07) is 15.5. The Labute approximate surface area is 158 Å². The second-order valence-corrected chi connectivity index (χ2v) is 6.90. The van der Waals surface area contributed by atoms with Gasteiger partial charge < -0.3 is 5.32 Å². The van der Waals surface area contributed by atoms with Crippen LogP contribution in [0, 0.1) is 6.92 Å². The third-order valence-electron chi connectivity index (χ3n) is 3.70. The standard InChI is InChI=1S/C20H23N3O2S/c1-14-7-4-5-8-18(14)12-26-13-20(25)23-22-15(2)17-9-6-10-19(11-17)21-16(3)24/h4-11H,12-13H2,1-3H3,(H,21,24)(H,23,25)/b22-15-. The molecule has 0 radical (unpaired) electrons. The summed E-state index contributed by atoms with van der Waals surface area (Å²) in [4.78, 5) is 23.1. The number of hydrazone groups is 1. The summed E-state index contributed by atoms with van der Waals surface area (Å²) in [5, 5.41) is 6.88. The summed E-state index contributed by atoms with van der Waals surface area (Å²) >= 11 is 1.56. The fourth-order valence-corrected chi connectivity index (χ4v) is 3.19. The van der Waals surface area contributed by atoms with E-state index in [4.69, 9.17) is 0 Å². The molecule has 0 bridgehead atoms. The summed E-state index contributed by atoms with van der Waals surface area (Å²) in [6.45, 7) is 5.34. The molecule has 0 aliphatic rings. The molecule has 2 aromatic rings. The molecule has 5 nitrogen and oxygen atoms in total. The maximum Gasteiger partial charge on any atom is 0.250 e. The lowest BCUT2D eigenvalue weighted by atomic mass is 10.1. The Balaban J connectivity index is 1.85. The average Bonchev–Trinajstić information content (AvgIpc) is 2.61. The van der Waals surface area contributed by atoms with Crippen LogP contribution in [0.5, 0.6) is 0 Å². The maximum absolute atomic E-state index is 12.0. The van der Waals surface area contributed by atoms with Gasteiger partial charge in [-0.3, -0.25) is 9.59 Å². The molecule has 0 spiro atoms. The normalized spacial score (nSPS) is 11.1. The van der Waals surface area contributed by atoms with Gasteiger partial charge in [0, 0.05) is 18.4 Å². The minimum Gasteiger partial charge on any atom is -0.326 e. The number of carbonyl (C=O) groups is 2. The Morgan fingerprint density at radius 3 is 2.58 bits per heavy atom. The van der Waals surface area contributed by atoms with Gasteiger partial charge in [-0.05, 0) is 42.7 Å². The number of nitrogens with one attached hydrogen (secondary N) is 2. The summed E-state index contributed by atoms with van der Waals surface area (Å²) in [6.07, 6.45) is 0. The number of nitrogens with zero attached hydrogens (tertiary/aromatic N) is 1. The molecule has 0 heterocycles. The molecule has 6 heteroatoms. The van der Waals surface area contributed by atoms with Crippen molar-refractivity contribution in [2.45, 2.75) is 26.5 Å². The van der Waals surface area contributed by atoms with Crippen molar-refractivity contribution >= 4 is 35.0 Å². The minimum absolute atomic E-state index is 0.129. The van der Waals surface area contributed by atoms with Crippen molar-refractivity contribution in [3.05, 3.63) is 65.2 Å². The smallest absolute Gasteiger partial charge is 0.250 e.